The molecule has 4 nitrogen and oxygen atoms in total. The Kier molecular flexibility index (Phi) is 5.50. The van der Waals surface area contributed by atoms with Gasteiger partial charge in [-0.15, -0.1) is 0 Å². The molecule has 0 aliphatic carbocycles. The van der Waals surface area contributed by atoms with Gasteiger partial charge in [0.1, 0.15) is 5.75 Å². The first kappa shape index (κ1) is 19.8. The molecule has 0 unspecified atom stereocenters. The van der Waals surface area contributed by atoms with Crippen LogP contribution in [0.2, 0.25) is 10.0 Å². The first-order chi connectivity index (χ1) is 14.0. The van der Waals surface area contributed by atoms with Crippen molar-refractivity contribution in [3.05, 3.63) is 93.5 Å². The van der Waals surface area contributed by atoms with Gasteiger partial charge in [0.15, 0.2) is 0 Å². The van der Waals surface area contributed by atoms with E-state index in [1.165, 1.54) is 0 Å². The molecule has 0 radical (unpaired) electrons. The smallest absolute Gasteiger partial charge is 0.253 e. The van der Waals surface area contributed by atoms with Gasteiger partial charge in [-0.2, -0.15) is 0 Å². The second-order valence-corrected chi connectivity index (χ2v) is 7.70. The van der Waals surface area contributed by atoms with Crippen molar-refractivity contribution in [1.82, 2.24) is 5.01 Å². The molecule has 0 saturated carbocycles. The number of hydrogen-bond acceptors (Lipinski definition) is 3. The van der Waals surface area contributed by atoms with Crippen LogP contribution in [0.4, 0.5) is 5.69 Å². The largest absolute Gasteiger partial charge is 0.495 e. The lowest BCUT2D eigenvalue weighted by molar-refractivity contribution is -0.121. The first-order valence-corrected chi connectivity index (χ1v) is 9.98. The number of hydrazine groups is 1. The highest BCUT2D eigenvalue weighted by atomic mass is 35.5. The van der Waals surface area contributed by atoms with Crippen LogP contribution < -0.4 is 9.75 Å². The van der Waals surface area contributed by atoms with E-state index in [1.807, 2.05) is 66.7 Å². The van der Waals surface area contributed by atoms with Crippen LogP contribution in [0, 0.1) is 0 Å². The molecule has 0 N–H and O–H groups in total. The lowest BCUT2D eigenvalue weighted by atomic mass is 9.93. The number of carbonyl (C=O) groups is 1. The number of nitrogens with zero attached hydrogens (tertiary/aromatic N) is 2. The zero-order valence-corrected chi connectivity index (χ0v) is 17.6. The van der Waals surface area contributed by atoms with Gasteiger partial charge in [0, 0.05) is 24.2 Å². The minimum Gasteiger partial charge on any atom is -0.495 e. The topological polar surface area (TPSA) is 32.8 Å². The van der Waals surface area contributed by atoms with Crippen LogP contribution in [-0.4, -0.2) is 25.1 Å². The molecule has 0 spiro atoms. The van der Waals surface area contributed by atoms with Crippen LogP contribution in [0.25, 0.3) is 0 Å². The summed E-state index contributed by atoms with van der Waals surface area (Å²) in [6.07, 6.45) is 0. The predicted molar refractivity (Wildman–Crippen MR) is 117 cm³/mol. The molecule has 1 amide bonds. The average Bonchev–Trinajstić information content (AvgIpc) is 3.03. The molecule has 1 heterocycles. The predicted octanol–water partition coefficient (Wildman–Crippen LogP) is 5.53. The van der Waals surface area contributed by atoms with Gasteiger partial charge in [-0.1, -0.05) is 71.7 Å². The summed E-state index contributed by atoms with van der Waals surface area (Å²) in [4.78, 5) is 13.5. The Hall–Kier alpha value is -2.53. The van der Waals surface area contributed by atoms with Gasteiger partial charge in [0.2, 0.25) is 0 Å². The lowest BCUT2D eigenvalue weighted by Crippen LogP contribution is -2.42. The van der Waals surface area contributed by atoms with Gasteiger partial charge in [-0.25, -0.2) is 10.0 Å². The SMILES string of the molecule is COc1ccc(Cl)c(CN(C)N2C(=O)[C@@H](c3ccccc3)c3ccccc32)c1Cl. The fourth-order valence-electron chi connectivity index (χ4n) is 3.80. The summed E-state index contributed by atoms with van der Waals surface area (Å²) < 4.78 is 5.31. The van der Waals surface area contributed by atoms with Crippen LogP contribution in [0.3, 0.4) is 0 Å². The molecule has 29 heavy (non-hydrogen) atoms. The van der Waals surface area contributed by atoms with Crippen molar-refractivity contribution >= 4 is 34.8 Å². The van der Waals surface area contributed by atoms with Crippen molar-refractivity contribution < 1.29 is 9.53 Å². The maximum Gasteiger partial charge on any atom is 0.253 e. The van der Waals surface area contributed by atoms with Crippen LogP contribution in [0.5, 0.6) is 5.75 Å². The Bertz CT molecular complexity index is 1060. The van der Waals surface area contributed by atoms with Crippen molar-refractivity contribution in [2.45, 2.75) is 12.5 Å². The molecule has 3 aromatic carbocycles. The van der Waals surface area contributed by atoms with Crippen molar-refractivity contribution in [2.75, 3.05) is 19.2 Å². The molecule has 1 atom stereocenters. The van der Waals surface area contributed by atoms with Gasteiger partial charge in [0.25, 0.3) is 5.91 Å². The van der Waals surface area contributed by atoms with Gasteiger partial charge < -0.3 is 4.74 Å². The number of halogens is 2. The number of fused-ring (bicyclic) bond motifs is 1. The second-order valence-electron chi connectivity index (χ2n) is 6.91. The quantitative estimate of drug-likeness (QED) is 0.537. The maximum atomic E-state index is 13.5. The number of rotatable bonds is 5. The summed E-state index contributed by atoms with van der Waals surface area (Å²) in [6, 6.07) is 21.2. The number of methoxy groups -OCH3 is 1. The van der Waals surface area contributed by atoms with E-state index in [2.05, 4.69) is 0 Å². The molecule has 1 aliphatic heterocycles. The van der Waals surface area contributed by atoms with E-state index in [4.69, 9.17) is 27.9 Å². The minimum absolute atomic E-state index is 0.00459. The van der Waals surface area contributed by atoms with Crippen LogP contribution >= 0.6 is 23.2 Å². The number of amides is 1. The zero-order valence-electron chi connectivity index (χ0n) is 16.1. The van der Waals surface area contributed by atoms with E-state index < -0.39 is 0 Å². The number of anilines is 1. The average molecular weight is 427 g/mol. The highest BCUT2D eigenvalue weighted by Crippen LogP contribution is 2.42. The van der Waals surface area contributed by atoms with Crippen LogP contribution in [-0.2, 0) is 11.3 Å². The second kappa shape index (κ2) is 8.07. The highest BCUT2D eigenvalue weighted by molar-refractivity contribution is 6.37. The van der Waals surface area contributed by atoms with Crippen molar-refractivity contribution in [3.8, 4) is 5.75 Å². The summed E-state index contributed by atoms with van der Waals surface area (Å²) in [5, 5.41) is 4.53. The number of para-hydroxylation sites is 1. The van der Waals surface area contributed by atoms with E-state index in [0.29, 0.717) is 27.9 Å². The van der Waals surface area contributed by atoms with Crippen LogP contribution in [0.15, 0.2) is 66.7 Å². The molecule has 0 fully saturated rings. The van der Waals surface area contributed by atoms with Gasteiger partial charge >= 0.3 is 0 Å². The molecule has 0 bridgehead atoms. The Labute approximate surface area is 180 Å². The summed E-state index contributed by atoms with van der Waals surface area (Å²) >= 11 is 12.9. The summed E-state index contributed by atoms with van der Waals surface area (Å²) in [5.41, 5.74) is 3.53. The molecule has 6 heteroatoms. The normalized spacial score (nSPS) is 15.7. The Balaban J connectivity index is 1.71. The third-order valence-corrected chi connectivity index (χ3v) is 5.93. The van der Waals surface area contributed by atoms with E-state index in [9.17, 15) is 4.79 Å². The first-order valence-electron chi connectivity index (χ1n) is 9.22. The summed E-state index contributed by atoms with van der Waals surface area (Å²) in [6.45, 7) is 0.358. The van der Waals surface area contributed by atoms with Crippen molar-refractivity contribution in [2.24, 2.45) is 0 Å². The summed E-state index contributed by atoms with van der Waals surface area (Å²) in [7, 11) is 3.42. The molecular weight excluding hydrogens is 407 g/mol. The van der Waals surface area contributed by atoms with E-state index in [0.717, 1.165) is 16.8 Å². The lowest BCUT2D eigenvalue weighted by Gasteiger charge is -2.30. The van der Waals surface area contributed by atoms with E-state index in [1.54, 1.807) is 24.3 Å². The van der Waals surface area contributed by atoms with Crippen LogP contribution in [0.1, 0.15) is 22.6 Å². The molecule has 0 aromatic heterocycles. The molecule has 148 valence electrons. The van der Waals surface area contributed by atoms with Crippen molar-refractivity contribution in [3.63, 3.8) is 0 Å². The minimum atomic E-state index is -0.342. The van der Waals surface area contributed by atoms with E-state index in [-0.39, 0.29) is 11.8 Å². The van der Waals surface area contributed by atoms with Gasteiger partial charge in [-0.3, -0.25) is 4.79 Å². The highest BCUT2D eigenvalue weighted by Gasteiger charge is 2.40. The van der Waals surface area contributed by atoms with Gasteiger partial charge in [-0.05, 0) is 29.3 Å². The number of benzene rings is 3. The molecular formula is C23H20Cl2N2O2. The Morgan fingerprint density at radius 2 is 1.69 bits per heavy atom. The Morgan fingerprint density at radius 3 is 2.41 bits per heavy atom. The zero-order chi connectivity index (χ0) is 20.5. The monoisotopic (exact) mass is 426 g/mol. The molecule has 3 aromatic rings. The van der Waals surface area contributed by atoms with E-state index >= 15 is 0 Å². The van der Waals surface area contributed by atoms with Gasteiger partial charge in [0.05, 0.1) is 23.7 Å². The number of ether oxygens (including phenoxy) is 1. The maximum absolute atomic E-state index is 13.5. The third-order valence-electron chi connectivity index (χ3n) is 5.16. The Morgan fingerprint density at radius 1 is 1.00 bits per heavy atom. The molecule has 1 aliphatic rings. The number of carbonyl (C=O) groups excluding carboxylic acids is 1. The molecule has 4 rings (SSSR count). The fourth-order valence-corrected chi connectivity index (χ4v) is 4.36. The third kappa shape index (κ3) is 3.48. The van der Waals surface area contributed by atoms with Crippen molar-refractivity contribution in [1.29, 1.82) is 0 Å². The standard InChI is InChI=1S/C23H20Cl2N2O2/c1-26(14-17-18(24)12-13-20(29-2)22(17)25)27-19-11-7-6-10-16(19)21(23(27)28)15-8-4-3-5-9-15/h3-13,21H,14H2,1-2H3/t21-/m0/s1. The number of hydrogen-bond donors (Lipinski definition) is 0. The molecule has 0 saturated heterocycles. The fraction of sp³-hybridized carbons (Fsp3) is 0.174. The summed E-state index contributed by atoms with van der Waals surface area (Å²) in [5.74, 6) is 0.205.